The van der Waals surface area contributed by atoms with Gasteiger partial charge in [-0.2, -0.15) is 0 Å². The molecule has 4 atom stereocenters. The predicted molar refractivity (Wildman–Crippen MR) is 125 cm³/mol. The molecule has 2 heterocycles. The van der Waals surface area contributed by atoms with Gasteiger partial charge in [-0.15, -0.1) is 0 Å². The molecule has 0 radical (unpaired) electrons. The molecule has 2 rings (SSSR count). The summed E-state index contributed by atoms with van der Waals surface area (Å²) < 4.78 is 52.6. The van der Waals surface area contributed by atoms with Crippen molar-refractivity contribution in [3.05, 3.63) is 11.4 Å². The third-order valence-corrected chi connectivity index (χ3v) is 8.51. The molecule has 0 aromatic carbocycles. The molecule has 2 saturated heterocycles. The first-order chi connectivity index (χ1) is 18.5. The van der Waals surface area contributed by atoms with E-state index < -0.39 is 73.1 Å². The van der Waals surface area contributed by atoms with E-state index in [1.165, 1.54) is 27.7 Å². The molecule has 39 heavy (non-hydrogen) atoms. The molecule has 220 valence electrons. The summed E-state index contributed by atoms with van der Waals surface area (Å²) in [4.78, 5) is 76.9. The molecule has 0 amide bonds. The Balaban J connectivity index is 2.91. The first kappa shape index (κ1) is 32.0. The molecule has 2 aliphatic heterocycles. The Morgan fingerprint density at radius 2 is 0.897 bits per heavy atom. The van der Waals surface area contributed by atoms with Crippen LogP contribution in [0.1, 0.15) is 27.7 Å². The second kappa shape index (κ2) is 13.3. The van der Waals surface area contributed by atoms with E-state index in [0.717, 1.165) is 14.2 Å². The number of ether oxygens (including phenoxy) is 6. The normalized spacial score (nSPS) is 26.0. The molecular formula is C22H31O16P. The number of esters is 6. The van der Waals surface area contributed by atoms with Crippen molar-refractivity contribution in [3.63, 3.8) is 0 Å². The first-order valence-electron chi connectivity index (χ1n) is 11.8. The van der Waals surface area contributed by atoms with Crippen LogP contribution in [0.4, 0.5) is 0 Å². The number of carbonyl (C=O) groups is 6. The number of carbonyl (C=O) groups excluding carboxylic acids is 6. The van der Waals surface area contributed by atoms with Crippen LogP contribution in [-0.4, -0.2) is 101 Å². The average molecular weight is 582 g/mol. The Labute approximate surface area is 223 Å². The second-order valence-electron chi connectivity index (χ2n) is 7.47. The molecule has 0 aromatic heterocycles. The molecule has 0 bridgehead atoms. The monoisotopic (exact) mass is 582 g/mol. The molecular weight excluding hydrogens is 551 g/mol. The van der Waals surface area contributed by atoms with Gasteiger partial charge < -0.3 is 0 Å². The summed E-state index contributed by atoms with van der Waals surface area (Å²) in [5, 5.41) is -0.974. The number of rotatable bonds is 11. The van der Waals surface area contributed by atoms with E-state index in [1.54, 1.807) is 0 Å². The Morgan fingerprint density at radius 1 is 0.590 bits per heavy atom. The van der Waals surface area contributed by atoms with Crippen molar-refractivity contribution < 1.29 is 75.3 Å². The van der Waals surface area contributed by atoms with Gasteiger partial charge in [0.1, 0.15) is 0 Å². The number of methoxy groups -OCH3 is 2. The van der Waals surface area contributed by atoms with Gasteiger partial charge in [-0.25, -0.2) is 0 Å². The molecule has 4 unspecified atom stereocenters. The summed E-state index contributed by atoms with van der Waals surface area (Å²) >= 11 is 0. The van der Waals surface area contributed by atoms with Crippen LogP contribution in [0.25, 0.3) is 0 Å². The van der Waals surface area contributed by atoms with Crippen molar-refractivity contribution >= 4 is 43.3 Å². The molecule has 16 nitrogen and oxygen atoms in total. The molecule has 0 aliphatic carbocycles. The van der Waals surface area contributed by atoms with Gasteiger partial charge in [-0.05, 0) is 0 Å². The van der Waals surface area contributed by atoms with Crippen LogP contribution in [0.3, 0.4) is 0 Å². The summed E-state index contributed by atoms with van der Waals surface area (Å²) in [5.74, 6) is -7.29. The van der Waals surface area contributed by atoms with Crippen LogP contribution >= 0.6 is 7.51 Å². The zero-order valence-corrected chi connectivity index (χ0v) is 23.1. The van der Waals surface area contributed by atoms with Crippen molar-refractivity contribution in [1.82, 2.24) is 0 Å². The molecule has 0 saturated carbocycles. The summed E-state index contributed by atoms with van der Waals surface area (Å²) in [6.45, 7) is 5.14. The van der Waals surface area contributed by atoms with Gasteiger partial charge in [0.15, 0.2) is 0 Å². The summed E-state index contributed by atoms with van der Waals surface area (Å²) in [6, 6.07) is 0. The van der Waals surface area contributed by atoms with Crippen molar-refractivity contribution in [1.29, 1.82) is 0 Å². The average Bonchev–Trinajstić information content (AvgIpc) is 3.45. The van der Waals surface area contributed by atoms with E-state index in [0.29, 0.717) is 6.08 Å². The topological polar surface area (TPSA) is 195 Å². The molecule has 0 aromatic rings. The summed E-state index contributed by atoms with van der Waals surface area (Å²) in [6.07, 6.45) is -7.57. The maximum absolute atomic E-state index is 13.1. The zero-order chi connectivity index (χ0) is 29.4. The number of hydrogen-bond donors (Lipinski definition) is 0. The summed E-state index contributed by atoms with van der Waals surface area (Å²) in [5.41, 5.74) is 0. The minimum absolute atomic E-state index is 0.176. The van der Waals surface area contributed by atoms with E-state index in [2.05, 4.69) is 4.74 Å². The Bertz CT molecular complexity index is 906. The van der Waals surface area contributed by atoms with E-state index in [4.69, 9.17) is 41.8 Å². The Kier molecular flexibility index (Phi) is 10.9. The van der Waals surface area contributed by atoms with Crippen LogP contribution in [-0.2, 0) is 75.3 Å². The molecule has 2 aliphatic rings. The third kappa shape index (κ3) is 6.36. The van der Waals surface area contributed by atoms with Gasteiger partial charge in [0.2, 0.25) is 0 Å². The van der Waals surface area contributed by atoms with Gasteiger partial charge in [0, 0.05) is 0 Å². The Hall–Kier alpha value is -3.17. The van der Waals surface area contributed by atoms with Gasteiger partial charge in [-0.1, -0.05) is 0 Å². The van der Waals surface area contributed by atoms with Crippen molar-refractivity contribution in [2.24, 2.45) is 0 Å². The third-order valence-electron chi connectivity index (χ3n) is 5.05. The van der Waals surface area contributed by atoms with Gasteiger partial charge in [-0.3, -0.25) is 0 Å². The van der Waals surface area contributed by atoms with E-state index in [1.807, 2.05) is 0 Å². The van der Waals surface area contributed by atoms with Gasteiger partial charge in [0.05, 0.1) is 0 Å². The molecule has 1 spiro atoms. The van der Waals surface area contributed by atoms with Crippen molar-refractivity contribution in [3.8, 4) is 0 Å². The van der Waals surface area contributed by atoms with Crippen LogP contribution in [0.15, 0.2) is 11.4 Å². The van der Waals surface area contributed by atoms with Crippen LogP contribution < -0.4 is 0 Å². The molecule has 17 heteroatoms. The summed E-state index contributed by atoms with van der Waals surface area (Å²) in [7, 11) is -4.19. The number of hydrogen-bond acceptors (Lipinski definition) is 16. The van der Waals surface area contributed by atoms with E-state index in [9.17, 15) is 28.8 Å². The van der Waals surface area contributed by atoms with E-state index >= 15 is 0 Å². The Morgan fingerprint density at radius 3 is 1.13 bits per heavy atom. The van der Waals surface area contributed by atoms with Gasteiger partial charge in [0.25, 0.3) is 0 Å². The fourth-order valence-electron chi connectivity index (χ4n) is 3.53. The SMILES string of the molecule is CCOC(=O)C1OP2(/C(=C\C(=O)OC)C(=O)OC)(OC1C(=O)OCC)OC(C(=O)OCC)C(C(=O)OCC)O2. The first-order valence-corrected chi connectivity index (χ1v) is 13.7. The minimum atomic E-state index is -6.07. The maximum atomic E-state index is 13.1. The molecule has 0 N–H and O–H groups in total. The molecule has 2 fully saturated rings. The quantitative estimate of drug-likeness (QED) is 0.139. The van der Waals surface area contributed by atoms with Crippen LogP contribution in [0, 0.1) is 0 Å². The standard InChI is InChI=1S/C22H31O16P/c1-7-31-19(25)14-15(20(26)32-8-2)36-39(35-14,12(18(24)30-6)11-13(23)29-5)37-16(21(27)33-9-3)17(38-39)22(28)34-10-4/h11,14-17H,7-10H2,1-6H3/b12-11-. The van der Waals surface area contributed by atoms with Crippen molar-refractivity contribution in [2.75, 3.05) is 40.6 Å². The van der Waals surface area contributed by atoms with Gasteiger partial charge >= 0.3 is 223 Å². The predicted octanol–water partition coefficient (Wildman–Crippen LogP) is 0.250. The fourth-order valence-corrected chi connectivity index (χ4v) is 7.34. The fraction of sp³-hybridized carbons (Fsp3) is 0.636. The van der Waals surface area contributed by atoms with Crippen LogP contribution in [0.2, 0.25) is 0 Å². The van der Waals surface area contributed by atoms with E-state index in [-0.39, 0.29) is 26.4 Å². The van der Waals surface area contributed by atoms with Crippen LogP contribution in [0.5, 0.6) is 0 Å². The van der Waals surface area contributed by atoms with Crippen molar-refractivity contribution in [2.45, 2.75) is 52.1 Å². The second-order valence-corrected chi connectivity index (χ2v) is 10.4. The zero-order valence-electron chi connectivity index (χ0n) is 22.2.